The van der Waals surface area contributed by atoms with Crippen LogP contribution in [0.5, 0.6) is 0 Å². The fraction of sp³-hybridized carbons (Fsp3) is 0.421. The van der Waals surface area contributed by atoms with Gasteiger partial charge >= 0.3 is 5.97 Å². The van der Waals surface area contributed by atoms with Gasteiger partial charge in [0.05, 0.1) is 13.0 Å². The first-order valence-electron chi connectivity index (χ1n) is 8.66. The number of carboxylic acid groups (broad SMARTS) is 1. The lowest BCUT2D eigenvalue weighted by Crippen LogP contribution is -2.52. The van der Waals surface area contributed by atoms with Gasteiger partial charge in [-0.3, -0.25) is 4.79 Å². The zero-order valence-corrected chi connectivity index (χ0v) is 14.8. The fourth-order valence-corrected chi connectivity index (χ4v) is 3.56. The minimum atomic E-state index is -1.04. The number of aliphatic hydroxyl groups is 1. The van der Waals surface area contributed by atoms with Gasteiger partial charge in [0.2, 0.25) is 5.91 Å². The van der Waals surface area contributed by atoms with Gasteiger partial charge in [-0.1, -0.05) is 24.3 Å². The molecule has 2 N–H and O–H groups in total. The molecule has 0 atom stereocenters. The van der Waals surface area contributed by atoms with Crippen molar-refractivity contribution in [3.8, 4) is 0 Å². The monoisotopic (exact) mass is 357 g/mol. The molecule has 0 spiro atoms. The van der Waals surface area contributed by atoms with Crippen LogP contribution in [0.4, 0.5) is 0 Å². The summed E-state index contributed by atoms with van der Waals surface area (Å²) in [5.41, 5.74) is 0.647. The van der Waals surface area contributed by atoms with Crippen molar-refractivity contribution in [1.29, 1.82) is 0 Å². The van der Waals surface area contributed by atoms with Gasteiger partial charge in [-0.2, -0.15) is 0 Å². The summed E-state index contributed by atoms with van der Waals surface area (Å²) < 4.78 is 1.71. The third kappa shape index (κ3) is 3.35. The number of rotatable bonds is 5. The van der Waals surface area contributed by atoms with Crippen LogP contribution < -0.4 is 0 Å². The van der Waals surface area contributed by atoms with Crippen LogP contribution in [0.25, 0.3) is 0 Å². The average molecular weight is 357 g/mol. The number of carboxylic acids is 1. The molecule has 0 radical (unpaired) electrons. The van der Waals surface area contributed by atoms with Crippen molar-refractivity contribution < 1.29 is 19.8 Å². The van der Waals surface area contributed by atoms with Crippen LogP contribution in [0, 0.1) is 6.92 Å². The maximum absolute atomic E-state index is 12.6. The van der Waals surface area contributed by atoms with Crippen LogP contribution in [0.15, 0.2) is 36.7 Å². The molecule has 3 rings (SSSR count). The molecule has 1 aliphatic rings. The van der Waals surface area contributed by atoms with Gasteiger partial charge in [0, 0.05) is 25.5 Å². The van der Waals surface area contributed by atoms with Gasteiger partial charge in [-0.15, -0.1) is 0 Å². The van der Waals surface area contributed by atoms with E-state index < -0.39 is 11.5 Å². The van der Waals surface area contributed by atoms with Crippen LogP contribution in [0.2, 0.25) is 0 Å². The Morgan fingerprint density at radius 3 is 2.27 bits per heavy atom. The molecule has 26 heavy (non-hydrogen) atoms. The molecule has 1 aromatic carbocycles. The maximum Gasteiger partial charge on any atom is 0.330 e. The molecule has 1 saturated heterocycles. The summed E-state index contributed by atoms with van der Waals surface area (Å²) in [4.78, 5) is 30.4. The second-order valence-electron chi connectivity index (χ2n) is 6.71. The van der Waals surface area contributed by atoms with Crippen molar-refractivity contribution in [3.63, 3.8) is 0 Å². The van der Waals surface area contributed by atoms with Gasteiger partial charge in [0.1, 0.15) is 11.4 Å². The van der Waals surface area contributed by atoms with Crippen molar-refractivity contribution in [2.75, 3.05) is 13.1 Å². The summed E-state index contributed by atoms with van der Waals surface area (Å²) in [7, 11) is 0. The Morgan fingerprint density at radius 1 is 1.15 bits per heavy atom. The van der Waals surface area contributed by atoms with E-state index in [1.54, 1.807) is 40.9 Å². The van der Waals surface area contributed by atoms with Crippen molar-refractivity contribution in [3.05, 3.63) is 53.6 Å². The number of nitrogens with zero attached hydrogens (tertiary/aromatic N) is 3. The minimum absolute atomic E-state index is 0.0110. The maximum atomic E-state index is 12.6. The highest BCUT2D eigenvalue weighted by Crippen LogP contribution is 2.32. The summed E-state index contributed by atoms with van der Waals surface area (Å²) in [6.07, 6.45) is 4.29. The number of hydrogen-bond donors (Lipinski definition) is 2. The van der Waals surface area contributed by atoms with E-state index in [4.69, 9.17) is 5.11 Å². The van der Waals surface area contributed by atoms with Crippen LogP contribution >= 0.6 is 0 Å². The van der Waals surface area contributed by atoms with Crippen molar-refractivity contribution in [1.82, 2.24) is 14.5 Å². The predicted octanol–water partition coefficient (Wildman–Crippen LogP) is 1.33. The lowest BCUT2D eigenvalue weighted by molar-refractivity contribution is -0.152. The van der Waals surface area contributed by atoms with Gasteiger partial charge in [-0.05, 0) is 30.9 Å². The Bertz CT molecular complexity index is 789. The number of aliphatic hydroxyl groups excluding tert-OH is 1. The molecular weight excluding hydrogens is 334 g/mol. The van der Waals surface area contributed by atoms with E-state index in [-0.39, 0.29) is 18.9 Å². The van der Waals surface area contributed by atoms with Crippen LogP contribution in [0.1, 0.15) is 29.8 Å². The highest BCUT2D eigenvalue weighted by molar-refractivity contribution is 5.80. The molecule has 7 heteroatoms. The normalized spacial score (nSPS) is 16.5. The van der Waals surface area contributed by atoms with Gasteiger partial charge in [0.15, 0.2) is 0 Å². The Labute approximate surface area is 151 Å². The first-order valence-corrected chi connectivity index (χ1v) is 8.66. The number of aliphatic carboxylic acids is 1. The zero-order valence-electron chi connectivity index (χ0n) is 14.8. The largest absolute Gasteiger partial charge is 0.479 e. The van der Waals surface area contributed by atoms with E-state index >= 15 is 0 Å². The quantitative estimate of drug-likeness (QED) is 0.842. The van der Waals surface area contributed by atoms with E-state index in [9.17, 15) is 14.7 Å². The molecule has 138 valence electrons. The Morgan fingerprint density at radius 2 is 1.77 bits per heavy atom. The molecule has 1 amide bonds. The molecule has 0 bridgehead atoms. The highest BCUT2D eigenvalue weighted by atomic mass is 16.4. The van der Waals surface area contributed by atoms with Crippen LogP contribution in [-0.2, 0) is 28.2 Å². The number of likely N-dealkylation sites (tertiary alicyclic amines) is 1. The number of carbonyl (C=O) groups is 2. The molecule has 0 saturated carbocycles. The number of piperidine rings is 1. The van der Waals surface area contributed by atoms with E-state index in [0.29, 0.717) is 31.8 Å². The number of amides is 1. The standard InChI is InChI=1S/C19H23N3O4/c1-14-20-8-11-22(14)19(18(25)26)6-9-21(10-7-19)17(24)12-15-2-4-16(13-23)5-3-15/h2-5,8,11,23H,6-7,9-10,12-13H2,1H3,(H,25,26). The zero-order chi connectivity index (χ0) is 18.7. The van der Waals surface area contributed by atoms with Crippen LogP contribution in [0.3, 0.4) is 0 Å². The molecule has 7 nitrogen and oxygen atoms in total. The SMILES string of the molecule is Cc1nccn1C1(C(=O)O)CCN(C(=O)Cc2ccc(CO)cc2)CC1. The molecule has 1 fully saturated rings. The smallest absolute Gasteiger partial charge is 0.330 e. The second-order valence-corrected chi connectivity index (χ2v) is 6.71. The third-order valence-corrected chi connectivity index (χ3v) is 5.19. The molecule has 2 heterocycles. The number of carbonyl (C=O) groups excluding carboxylic acids is 1. The van der Waals surface area contributed by atoms with Crippen molar-refractivity contribution in [2.45, 2.75) is 38.3 Å². The number of benzene rings is 1. The predicted molar refractivity (Wildman–Crippen MR) is 94.5 cm³/mol. The lowest BCUT2D eigenvalue weighted by atomic mass is 9.86. The van der Waals surface area contributed by atoms with E-state index in [1.165, 1.54) is 0 Å². The summed E-state index contributed by atoms with van der Waals surface area (Å²) in [6.45, 7) is 2.57. The Hall–Kier alpha value is -2.67. The number of aromatic nitrogens is 2. The van der Waals surface area contributed by atoms with Crippen molar-refractivity contribution >= 4 is 11.9 Å². The molecular formula is C19H23N3O4. The number of hydrogen-bond acceptors (Lipinski definition) is 4. The van der Waals surface area contributed by atoms with Crippen molar-refractivity contribution in [2.24, 2.45) is 0 Å². The Balaban J connectivity index is 1.67. The molecule has 2 aromatic rings. The summed E-state index contributed by atoms with van der Waals surface area (Å²) in [5, 5.41) is 18.9. The highest BCUT2D eigenvalue weighted by Gasteiger charge is 2.44. The Kier molecular flexibility index (Phi) is 5.08. The number of imidazole rings is 1. The molecule has 1 aliphatic heterocycles. The van der Waals surface area contributed by atoms with E-state index in [2.05, 4.69) is 4.98 Å². The summed E-state index contributed by atoms with van der Waals surface area (Å²) >= 11 is 0. The van der Waals surface area contributed by atoms with Gasteiger partial charge in [-0.25, -0.2) is 9.78 Å². The van der Waals surface area contributed by atoms with Gasteiger partial charge < -0.3 is 19.7 Å². The fourth-order valence-electron chi connectivity index (χ4n) is 3.56. The first-order chi connectivity index (χ1) is 12.5. The van der Waals surface area contributed by atoms with E-state index in [1.807, 2.05) is 12.1 Å². The molecule has 0 unspecified atom stereocenters. The molecule has 1 aromatic heterocycles. The lowest BCUT2D eigenvalue weighted by Gasteiger charge is -2.40. The average Bonchev–Trinajstić information content (AvgIpc) is 3.08. The minimum Gasteiger partial charge on any atom is -0.479 e. The number of aryl methyl sites for hydroxylation is 1. The van der Waals surface area contributed by atoms with E-state index in [0.717, 1.165) is 11.1 Å². The topological polar surface area (TPSA) is 95.7 Å². The third-order valence-electron chi connectivity index (χ3n) is 5.19. The van der Waals surface area contributed by atoms with Crippen LogP contribution in [-0.4, -0.2) is 49.6 Å². The first kappa shape index (κ1) is 18.1. The van der Waals surface area contributed by atoms with Gasteiger partial charge in [0.25, 0.3) is 0 Å². The summed E-state index contributed by atoms with van der Waals surface area (Å²) in [5.74, 6) is -0.232. The molecule has 0 aliphatic carbocycles. The summed E-state index contributed by atoms with van der Waals surface area (Å²) in [6, 6.07) is 7.28. The second kappa shape index (κ2) is 7.29.